The zero-order chi connectivity index (χ0) is 17.9. The van der Waals surface area contributed by atoms with E-state index < -0.39 is 0 Å². The predicted octanol–water partition coefficient (Wildman–Crippen LogP) is 5.40. The first-order valence-corrected chi connectivity index (χ1v) is 9.37. The Morgan fingerprint density at radius 3 is 2.29 bits per heavy atom. The molecule has 0 radical (unpaired) electrons. The fraction of sp³-hybridized carbons (Fsp3) is 0.619. The molecule has 3 heteroatoms. The second-order valence-electron chi connectivity index (χ2n) is 7.61. The van der Waals surface area contributed by atoms with E-state index in [1.54, 1.807) is 0 Å². The highest BCUT2D eigenvalue weighted by molar-refractivity contribution is 6.21. The lowest BCUT2D eigenvalue weighted by Gasteiger charge is -2.31. The summed E-state index contributed by atoms with van der Waals surface area (Å²) < 4.78 is 0. The van der Waals surface area contributed by atoms with Crippen LogP contribution in [0.15, 0.2) is 18.2 Å². The molecule has 0 N–H and O–H groups in total. The van der Waals surface area contributed by atoms with Crippen LogP contribution in [0.3, 0.4) is 0 Å². The maximum atomic E-state index is 12.8. The number of carbonyl (C=O) groups excluding carboxylic acids is 2. The highest BCUT2D eigenvalue weighted by Crippen LogP contribution is 2.34. The third-order valence-electron chi connectivity index (χ3n) is 5.53. The quantitative estimate of drug-likeness (QED) is 0.599. The van der Waals surface area contributed by atoms with Crippen molar-refractivity contribution in [2.75, 3.05) is 6.54 Å². The summed E-state index contributed by atoms with van der Waals surface area (Å²) in [4.78, 5) is 27.0. The number of hydrogen-bond donors (Lipinski definition) is 0. The molecule has 132 valence electrons. The summed E-state index contributed by atoms with van der Waals surface area (Å²) in [6.45, 7) is 11.3. The number of benzene rings is 1. The van der Waals surface area contributed by atoms with Crippen LogP contribution in [0, 0.1) is 5.41 Å². The summed E-state index contributed by atoms with van der Waals surface area (Å²) in [5.74, 6) is 0.176. The fourth-order valence-corrected chi connectivity index (χ4v) is 3.71. The Hall–Kier alpha value is -1.64. The Kier molecular flexibility index (Phi) is 5.84. The van der Waals surface area contributed by atoms with Crippen LogP contribution in [0.1, 0.15) is 98.9 Å². The lowest BCUT2D eigenvalue weighted by molar-refractivity contribution is 0.0566. The van der Waals surface area contributed by atoms with Gasteiger partial charge >= 0.3 is 0 Å². The fourth-order valence-electron chi connectivity index (χ4n) is 3.71. The van der Waals surface area contributed by atoms with E-state index in [0.29, 0.717) is 23.6 Å². The zero-order valence-electron chi connectivity index (χ0n) is 15.8. The van der Waals surface area contributed by atoms with Gasteiger partial charge in [0.2, 0.25) is 0 Å². The van der Waals surface area contributed by atoms with E-state index in [2.05, 4.69) is 34.6 Å². The Morgan fingerprint density at radius 2 is 1.71 bits per heavy atom. The van der Waals surface area contributed by atoms with Crippen LogP contribution >= 0.6 is 0 Å². The number of nitrogens with zero attached hydrogens (tertiary/aromatic N) is 1. The first-order valence-electron chi connectivity index (χ1n) is 9.37. The van der Waals surface area contributed by atoms with Gasteiger partial charge in [0, 0.05) is 6.54 Å². The molecule has 0 fully saturated rings. The molecule has 2 unspecified atom stereocenters. The van der Waals surface area contributed by atoms with Crippen molar-refractivity contribution in [3.63, 3.8) is 0 Å². The highest BCUT2D eigenvalue weighted by atomic mass is 16.2. The van der Waals surface area contributed by atoms with Gasteiger partial charge in [-0.15, -0.1) is 0 Å². The van der Waals surface area contributed by atoms with Gasteiger partial charge in [-0.05, 0) is 48.3 Å². The Balaban J connectivity index is 2.27. The summed E-state index contributed by atoms with van der Waals surface area (Å²) >= 11 is 0. The summed E-state index contributed by atoms with van der Waals surface area (Å²) in [5.41, 5.74) is 2.32. The van der Waals surface area contributed by atoms with Crippen molar-refractivity contribution in [3.05, 3.63) is 34.9 Å². The average molecular weight is 329 g/mol. The van der Waals surface area contributed by atoms with Gasteiger partial charge in [-0.1, -0.05) is 53.5 Å². The van der Waals surface area contributed by atoms with Crippen molar-refractivity contribution in [2.45, 2.75) is 72.6 Å². The normalized spacial score (nSPS) is 17.8. The Morgan fingerprint density at radius 1 is 1.04 bits per heavy atom. The van der Waals surface area contributed by atoms with Crippen molar-refractivity contribution in [1.29, 1.82) is 0 Å². The summed E-state index contributed by atoms with van der Waals surface area (Å²) in [5, 5.41) is 0. The van der Waals surface area contributed by atoms with Crippen LogP contribution in [0.25, 0.3) is 0 Å². The molecule has 1 aliphatic heterocycles. The summed E-state index contributed by atoms with van der Waals surface area (Å²) in [6.07, 6.45) is 5.26. The summed E-state index contributed by atoms with van der Waals surface area (Å²) in [6, 6.07) is 5.80. The number of amides is 2. The molecule has 2 rings (SSSR count). The van der Waals surface area contributed by atoms with Gasteiger partial charge in [-0.2, -0.15) is 0 Å². The van der Waals surface area contributed by atoms with E-state index in [-0.39, 0.29) is 17.2 Å². The summed E-state index contributed by atoms with van der Waals surface area (Å²) in [7, 11) is 0. The molecule has 1 aliphatic rings. The molecular formula is C21H31NO2. The minimum absolute atomic E-state index is 0.000442. The third-order valence-corrected chi connectivity index (χ3v) is 5.53. The number of carbonyl (C=O) groups is 2. The van der Waals surface area contributed by atoms with Crippen LogP contribution in [0.4, 0.5) is 0 Å². The smallest absolute Gasteiger partial charge is 0.261 e. The standard InChI is InChI=1S/C21H31NO2/c1-6-9-15(4)16-10-11-17-18(13-16)20(24)22(19(17)23)14-21(5,8-3)12-7-2/h10-11,13,15H,6-9,12,14H2,1-5H3. The molecule has 2 atom stereocenters. The molecular weight excluding hydrogens is 298 g/mol. The largest absolute Gasteiger partial charge is 0.274 e. The molecule has 1 aromatic rings. The molecule has 0 saturated heterocycles. The first-order chi connectivity index (χ1) is 11.4. The predicted molar refractivity (Wildman–Crippen MR) is 98.4 cm³/mol. The third kappa shape index (κ3) is 3.55. The van der Waals surface area contributed by atoms with Gasteiger partial charge in [-0.25, -0.2) is 0 Å². The minimum Gasteiger partial charge on any atom is -0.274 e. The zero-order valence-corrected chi connectivity index (χ0v) is 15.8. The van der Waals surface area contributed by atoms with Crippen LogP contribution in [-0.4, -0.2) is 23.3 Å². The van der Waals surface area contributed by atoms with E-state index in [0.717, 1.165) is 37.7 Å². The molecule has 0 aromatic heterocycles. The van der Waals surface area contributed by atoms with E-state index in [4.69, 9.17) is 0 Å². The highest BCUT2D eigenvalue weighted by Gasteiger charge is 2.39. The molecule has 1 aromatic carbocycles. The van der Waals surface area contributed by atoms with E-state index in [1.807, 2.05) is 18.2 Å². The molecule has 24 heavy (non-hydrogen) atoms. The van der Waals surface area contributed by atoms with Gasteiger partial charge < -0.3 is 0 Å². The van der Waals surface area contributed by atoms with Crippen molar-refractivity contribution < 1.29 is 9.59 Å². The molecule has 0 aliphatic carbocycles. The maximum Gasteiger partial charge on any atom is 0.261 e. The number of hydrogen-bond acceptors (Lipinski definition) is 2. The maximum absolute atomic E-state index is 12.8. The first kappa shape index (κ1) is 18.7. The SMILES string of the molecule is CCCC(C)c1ccc2c(c1)C(=O)N(CC(C)(CC)CCC)C2=O. The second-order valence-corrected chi connectivity index (χ2v) is 7.61. The lowest BCUT2D eigenvalue weighted by atomic mass is 9.82. The monoisotopic (exact) mass is 329 g/mol. The number of rotatable bonds is 8. The molecule has 0 bridgehead atoms. The van der Waals surface area contributed by atoms with Gasteiger partial charge in [0.15, 0.2) is 0 Å². The molecule has 0 spiro atoms. The topological polar surface area (TPSA) is 37.4 Å². The van der Waals surface area contributed by atoms with Gasteiger partial charge in [0.25, 0.3) is 11.8 Å². The van der Waals surface area contributed by atoms with Crippen molar-refractivity contribution in [1.82, 2.24) is 4.90 Å². The van der Waals surface area contributed by atoms with Gasteiger partial charge in [0.05, 0.1) is 11.1 Å². The molecule has 2 amide bonds. The Bertz CT molecular complexity index is 622. The van der Waals surface area contributed by atoms with E-state index in [9.17, 15) is 9.59 Å². The van der Waals surface area contributed by atoms with Gasteiger partial charge in [-0.3, -0.25) is 14.5 Å². The van der Waals surface area contributed by atoms with Crippen molar-refractivity contribution in [3.8, 4) is 0 Å². The molecule has 0 saturated carbocycles. The lowest BCUT2D eigenvalue weighted by Crippen LogP contribution is -2.39. The average Bonchev–Trinajstić information content (AvgIpc) is 2.80. The Labute approximate surface area is 146 Å². The number of fused-ring (bicyclic) bond motifs is 1. The van der Waals surface area contributed by atoms with Crippen LogP contribution in [-0.2, 0) is 0 Å². The van der Waals surface area contributed by atoms with Crippen molar-refractivity contribution in [2.24, 2.45) is 5.41 Å². The van der Waals surface area contributed by atoms with E-state index in [1.165, 1.54) is 4.90 Å². The van der Waals surface area contributed by atoms with Crippen LogP contribution in [0.2, 0.25) is 0 Å². The second kappa shape index (κ2) is 7.50. The number of imide groups is 1. The molecule has 3 nitrogen and oxygen atoms in total. The van der Waals surface area contributed by atoms with Crippen molar-refractivity contribution >= 4 is 11.8 Å². The van der Waals surface area contributed by atoms with Crippen LogP contribution < -0.4 is 0 Å². The van der Waals surface area contributed by atoms with Crippen LogP contribution in [0.5, 0.6) is 0 Å². The molecule has 1 heterocycles. The van der Waals surface area contributed by atoms with Gasteiger partial charge in [0.1, 0.15) is 0 Å². The van der Waals surface area contributed by atoms with E-state index >= 15 is 0 Å². The minimum atomic E-state index is -0.125.